The summed E-state index contributed by atoms with van der Waals surface area (Å²) in [7, 11) is 0. The highest BCUT2D eigenvalue weighted by molar-refractivity contribution is 7.14. The quantitative estimate of drug-likeness (QED) is 0.906. The zero-order valence-corrected chi connectivity index (χ0v) is 14.0. The molecule has 1 aliphatic rings. The van der Waals surface area contributed by atoms with E-state index in [9.17, 15) is 14.0 Å². The maximum atomic E-state index is 14.4. The highest BCUT2D eigenvalue weighted by Gasteiger charge is 2.32. The van der Waals surface area contributed by atoms with Gasteiger partial charge in [0.2, 0.25) is 6.17 Å². The third-order valence-corrected chi connectivity index (χ3v) is 4.87. The number of nitrogens with zero attached hydrogens (tertiary/aromatic N) is 3. The van der Waals surface area contributed by atoms with Crippen molar-refractivity contribution in [2.75, 3.05) is 13.1 Å². The maximum absolute atomic E-state index is 14.4. The van der Waals surface area contributed by atoms with Gasteiger partial charge in [-0.1, -0.05) is 41.7 Å². The summed E-state index contributed by atoms with van der Waals surface area (Å²) in [6.45, 7) is 0.658. The maximum Gasteiger partial charge on any atom is 0.263 e. The summed E-state index contributed by atoms with van der Waals surface area (Å²) in [6.07, 6.45) is 0.210. The van der Waals surface area contributed by atoms with Crippen LogP contribution in [0.15, 0.2) is 36.5 Å². The van der Waals surface area contributed by atoms with Crippen molar-refractivity contribution < 1.29 is 14.0 Å². The number of rotatable bonds is 4. The second-order valence-corrected chi connectivity index (χ2v) is 6.69. The van der Waals surface area contributed by atoms with Crippen molar-refractivity contribution in [3.05, 3.63) is 52.0 Å². The Balaban J connectivity index is 1.57. The Labute approximate surface area is 147 Å². The molecule has 1 aliphatic heterocycles. The first-order valence-corrected chi connectivity index (χ1v) is 8.54. The number of nitrogens with one attached hydrogen (secondary N) is 1. The molecule has 2 atom stereocenters. The van der Waals surface area contributed by atoms with E-state index in [0.29, 0.717) is 23.4 Å². The van der Waals surface area contributed by atoms with Gasteiger partial charge in [0.05, 0.1) is 6.20 Å². The lowest BCUT2D eigenvalue weighted by Crippen LogP contribution is -2.39. The van der Waals surface area contributed by atoms with Crippen LogP contribution >= 0.6 is 11.3 Å². The van der Waals surface area contributed by atoms with Crippen molar-refractivity contribution in [2.45, 2.75) is 18.6 Å². The van der Waals surface area contributed by atoms with E-state index in [2.05, 4.69) is 10.3 Å². The van der Waals surface area contributed by atoms with E-state index < -0.39 is 12.1 Å². The van der Waals surface area contributed by atoms with Crippen molar-refractivity contribution in [1.82, 2.24) is 15.2 Å². The van der Waals surface area contributed by atoms with Gasteiger partial charge in [0.1, 0.15) is 10.9 Å². The molecule has 2 heterocycles. The average molecular weight is 358 g/mol. The van der Waals surface area contributed by atoms with Gasteiger partial charge in [-0.05, 0) is 12.0 Å². The molecule has 25 heavy (non-hydrogen) atoms. The largest absolute Gasteiger partial charge is 0.347 e. The molecule has 8 heteroatoms. The number of likely N-dealkylation sites (tertiary alicyclic amines) is 1. The van der Waals surface area contributed by atoms with E-state index >= 15 is 0 Å². The van der Waals surface area contributed by atoms with Gasteiger partial charge in [-0.15, -0.1) is 0 Å². The lowest BCUT2D eigenvalue weighted by Gasteiger charge is -2.19. The molecule has 0 saturated carbocycles. The number of carbonyl (C=O) groups is 2. The van der Waals surface area contributed by atoms with E-state index in [1.54, 1.807) is 30.3 Å². The van der Waals surface area contributed by atoms with Gasteiger partial charge in [0.15, 0.2) is 5.01 Å². The molecule has 0 bridgehead atoms. The van der Waals surface area contributed by atoms with Gasteiger partial charge in [-0.2, -0.15) is 5.26 Å². The predicted octanol–water partition coefficient (Wildman–Crippen LogP) is 2.06. The Morgan fingerprint density at radius 2 is 2.16 bits per heavy atom. The van der Waals surface area contributed by atoms with Crippen LogP contribution < -0.4 is 5.32 Å². The van der Waals surface area contributed by atoms with Crippen LogP contribution in [-0.4, -0.2) is 40.8 Å². The summed E-state index contributed by atoms with van der Waals surface area (Å²) >= 11 is 1.01. The highest BCUT2D eigenvalue weighted by Crippen LogP contribution is 2.23. The normalized spacial score (nSPS) is 17.8. The Morgan fingerprint density at radius 3 is 2.84 bits per heavy atom. The Hall–Kier alpha value is -2.79. The van der Waals surface area contributed by atoms with Gasteiger partial charge in [-0.3, -0.25) is 9.59 Å². The summed E-state index contributed by atoms with van der Waals surface area (Å²) < 4.78 is 14.4. The first kappa shape index (κ1) is 17.0. The van der Waals surface area contributed by atoms with Gasteiger partial charge in [-0.25, -0.2) is 9.37 Å². The average Bonchev–Trinajstić information content (AvgIpc) is 3.30. The number of nitriles is 1. The van der Waals surface area contributed by atoms with Gasteiger partial charge < -0.3 is 10.2 Å². The van der Waals surface area contributed by atoms with Crippen LogP contribution in [0.3, 0.4) is 0 Å². The Kier molecular flexibility index (Phi) is 5.05. The standard InChI is InChI=1S/C17H15FN4O2S/c18-15(11-4-2-1-3-5-11)17(24)22-7-6-12(10-22)21-16(23)13-9-20-14(8-19)25-13/h1-5,9,12,15H,6-7,10H2,(H,21,23). The molecule has 1 fully saturated rings. The first-order valence-electron chi connectivity index (χ1n) is 7.73. The number of aromatic nitrogens is 1. The van der Waals surface area contributed by atoms with E-state index in [4.69, 9.17) is 5.26 Å². The third kappa shape index (κ3) is 3.83. The number of alkyl halides is 1. The molecular formula is C17H15FN4O2S. The van der Waals surface area contributed by atoms with Gasteiger partial charge in [0, 0.05) is 19.1 Å². The van der Waals surface area contributed by atoms with Crippen molar-refractivity contribution in [1.29, 1.82) is 5.26 Å². The van der Waals surface area contributed by atoms with Crippen molar-refractivity contribution in [3.63, 3.8) is 0 Å². The van der Waals surface area contributed by atoms with E-state index in [1.807, 2.05) is 6.07 Å². The number of carbonyl (C=O) groups excluding carboxylic acids is 2. The van der Waals surface area contributed by atoms with Crippen molar-refractivity contribution >= 4 is 23.2 Å². The molecule has 1 saturated heterocycles. The van der Waals surface area contributed by atoms with Crippen LogP contribution in [0.25, 0.3) is 0 Å². The molecule has 3 rings (SSSR count). The number of hydrogen-bond acceptors (Lipinski definition) is 5. The molecule has 2 unspecified atom stereocenters. The summed E-state index contributed by atoms with van der Waals surface area (Å²) in [5, 5.41) is 11.8. The molecule has 2 amide bonds. The van der Waals surface area contributed by atoms with Crippen LogP contribution in [0.2, 0.25) is 0 Å². The molecule has 0 spiro atoms. The van der Waals surface area contributed by atoms with Gasteiger partial charge >= 0.3 is 0 Å². The van der Waals surface area contributed by atoms with Gasteiger partial charge in [0.25, 0.3) is 11.8 Å². The SMILES string of the molecule is N#Cc1ncc(C(=O)NC2CCN(C(=O)C(F)c3ccccc3)C2)s1. The topological polar surface area (TPSA) is 86.1 Å². The van der Waals surface area contributed by atoms with E-state index in [-0.39, 0.29) is 23.5 Å². The first-order chi connectivity index (χ1) is 12.1. The summed E-state index contributed by atoms with van der Waals surface area (Å²) in [5.74, 6) is -0.925. The molecule has 0 radical (unpaired) electrons. The molecule has 1 aromatic carbocycles. The minimum absolute atomic E-state index is 0.219. The van der Waals surface area contributed by atoms with E-state index in [0.717, 1.165) is 11.3 Å². The number of halogens is 1. The zero-order chi connectivity index (χ0) is 17.8. The molecule has 2 aromatic rings. The molecule has 0 aliphatic carbocycles. The van der Waals surface area contributed by atoms with Crippen LogP contribution in [0, 0.1) is 11.3 Å². The third-order valence-electron chi connectivity index (χ3n) is 3.97. The number of benzene rings is 1. The minimum Gasteiger partial charge on any atom is -0.347 e. The second kappa shape index (κ2) is 7.40. The van der Waals surface area contributed by atoms with Crippen LogP contribution in [0.5, 0.6) is 0 Å². The Bertz CT molecular complexity index is 818. The fourth-order valence-electron chi connectivity index (χ4n) is 2.69. The lowest BCUT2D eigenvalue weighted by atomic mass is 10.1. The highest BCUT2D eigenvalue weighted by atomic mass is 32.1. The fourth-order valence-corrected chi connectivity index (χ4v) is 3.31. The van der Waals surface area contributed by atoms with Crippen LogP contribution in [0.1, 0.15) is 32.8 Å². The monoisotopic (exact) mass is 358 g/mol. The number of amides is 2. The Morgan fingerprint density at radius 1 is 1.40 bits per heavy atom. The fraction of sp³-hybridized carbons (Fsp3) is 0.294. The minimum atomic E-state index is -1.70. The summed E-state index contributed by atoms with van der Waals surface area (Å²) in [4.78, 5) is 30.0. The number of hydrogen-bond donors (Lipinski definition) is 1. The molecule has 1 N–H and O–H groups in total. The molecular weight excluding hydrogens is 343 g/mol. The molecule has 128 valence electrons. The van der Waals surface area contributed by atoms with Crippen LogP contribution in [-0.2, 0) is 4.79 Å². The molecule has 1 aromatic heterocycles. The zero-order valence-electron chi connectivity index (χ0n) is 13.2. The van der Waals surface area contributed by atoms with Crippen LogP contribution in [0.4, 0.5) is 4.39 Å². The molecule has 6 nitrogen and oxygen atoms in total. The summed E-state index contributed by atoms with van der Waals surface area (Å²) in [6, 6.07) is 9.93. The summed E-state index contributed by atoms with van der Waals surface area (Å²) in [5.41, 5.74) is 0.327. The smallest absolute Gasteiger partial charge is 0.263 e. The lowest BCUT2D eigenvalue weighted by molar-refractivity contribution is -0.135. The second-order valence-electron chi connectivity index (χ2n) is 5.66. The van der Waals surface area contributed by atoms with Crippen molar-refractivity contribution in [3.8, 4) is 6.07 Å². The van der Waals surface area contributed by atoms with E-state index in [1.165, 1.54) is 11.1 Å². The number of thiazole rings is 1. The van der Waals surface area contributed by atoms with Crippen molar-refractivity contribution in [2.24, 2.45) is 0 Å². The predicted molar refractivity (Wildman–Crippen MR) is 89.6 cm³/mol.